The smallest absolute Gasteiger partial charge is 0.132 e. The van der Waals surface area contributed by atoms with E-state index in [9.17, 15) is 0 Å². The molecular weight excluding hydrogens is 234 g/mol. The molecule has 0 saturated carbocycles. The number of benzene rings is 1. The van der Waals surface area contributed by atoms with Gasteiger partial charge in [0.15, 0.2) is 0 Å². The SMILES string of the molecule is Cc1ccc(N(CCCN)c2ccc(C)cn2)cc1. The third-order valence-corrected chi connectivity index (χ3v) is 3.10. The van der Waals surface area contributed by atoms with E-state index in [1.54, 1.807) is 0 Å². The van der Waals surface area contributed by atoms with Gasteiger partial charge in [-0.2, -0.15) is 0 Å². The van der Waals surface area contributed by atoms with Gasteiger partial charge in [0.25, 0.3) is 0 Å². The van der Waals surface area contributed by atoms with Crippen molar-refractivity contribution in [2.24, 2.45) is 5.73 Å². The first-order valence-corrected chi connectivity index (χ1v) is 6.67. The van der Waals surface area contributed by atoms with Gasteiger partial charge in [0, 0.05) is 18.4 Å². The molecule has 0 bridgehead atoms. The van der Waals surface area contributed by atoms with Gasteiger partial charge < -0.3 is 10.6 Å². The van der Waals surface area contributed by atoms with Crippen molar-refractivity contribution >= 4 is 11.5 Å². The van der Waals surface area contributed by atoms with Gasteiger partial charge in [-0.05, 0) is 50.6 Å². The third kappa shape index (κ3) is 3.55. The number of rotatable bonds is 5. The second-order valence-corrected chi connectivity index (χ2v) is 4.82. The minimum absolute atomic E-state index is 0.689. The number of aryl methyl sites for hydroxylation is 2. The fourth-order valence-corrected chi connectivity index (χ4v) is 1.97. The molecule has 0 aliphatic heterocycles. The van der Waals surface area contributed by atoms with E-state index in [0.717, 1.165) is 24.5 Å². The molecule has 1 aromatic heterocycles. The van der Waals surface area contributed by atoms with E-state index >= 15 is 0 Å². The third-order valence-electron chi connectivity index (χ3n) is 3.10. The lowest BCUT2D eigenvalue weighted by Crippen LogP contribution is -2.21. The number of hydrogen-bond acceptors (Lipinski definition) is 3. The summed E-state index contributed by atoms with van der Waals surface area (Å²) in [6.07, 6.45) is 2.85. The van der Waals surface area contributed by atoms with Crippen molar-refractivity contribution < 1.29 is 0 Å². The number of pyridine rings is 1. The van der Waals surface area contributed by atoms with E-state index in [2.05, 4.69) is 53.2 Å². The second-order valence-electron chi connectivity index (χ2n) is 4.82. The Morgan fingerprint density at radius 1 is 1.00 bits per heavy atom. The fraction of sp³-hybridized carbons (Fsp3) is 0.312. The molecule has 0 aliphatic rings. The van der Waals surface area contributed by atoms with E-state index in [-0.39, 0.29) is 0 Å². The standard InChI is InChI=1S/C16H21N3/c1-13-4-7-15(8-5-13)19(11-3-10-17)16-9-6-14(2)12-18-16/h4-9,12H,3,10-11,17H2,1-2H3. The van der Waals surface area contributed by atoms with Crippen molar-refractivity contribution in [2.45, 2.75) is 20.3 Å². The summed E-state index contributed by atoms with van der Waals surface area (Å²) in [6, 6.07) is 12.7. The minimum Gasteiger partial charge on any atom is -0.330 e. The van der Waals surface area contributed by atoms with Gasteiger partial charge in [0.05, 0.1) is 0 Å². The highest BCUT2D eigenvalue weighted by Crippen LogP contribution is 2.24. The van der Waals surface area contributed by atoms with Crippen LogP contribution in [0.3, 0.4) is 0 Å². The molecule has 19 heavy (non-hydrogen) atoms. The van der Waals surface area contributed by atoms with Crippen LogP contribution in [0.15, 0.2) is 42.6 Å². The van der Waals surface area contributed by atoms with Crippen LogP contribution in [0, 0.1) is 13.8 Å². The normalized spacial score (nSPS) is 10.5. The lowest BCUT2D eigenvalue weighted by molar-refractivity contribution is 0.810. The van der Waals surface area contributed by atoms with E-state index in [4.69, 9.17) is 5.73 Å². The first-order valence-electron chi connectivity index (χ1n) is 6.67. The zero-order valence-corrected chi connectivity index (χ0v) is 11.6. The first-order chi connectivity index (χ1) is 9.20. The Morgan fingerprint density at radius 3 is 2.26 bits per heavy atom. The van der Waals surface area contributed by atoms with Gasteiger partial charge in [0.1, 0.15) is 5.82 Å². The van der Waals surface area contributed by atoms with Gasteiger partial charge in [-0.1, -0.05) is 23.8 Å². The molecule has 2 aromatic rings. The van der Waals surface area contributed by atoms with Crippen LogP contribution in [-0.4, -0.2) is 18.1 Å². The van der Waals surface area contributed by atoms with E-state index in [1.165, 1.54) is 11.1 Å². The molecule has 0 amide bonds. The second kappa shape index (κ2) is 6.34. The van der Waals surface area contributed by atoms with E-state index in [1.807, 2.05) is 13.1 Å². The molecule has 100 valence electrons. The van der Waals surface area contributed by atoms with Crippen molar-refractivity contribution in [3.05, 3.63) is 53.7 Å². The number of hydrogen-bond donors (Lipinski definition) is 1. The Kier molecular flexibility index (Phi) is 4.53. The van der Waals surface area contributed by atoms with Crippen LogP contribution in [0.4, 0.5) is 11.5 Å². The maximum atomic E-state index is 5.63. The number of anilines is 2. The van der Waals surface area contributed by atoms with E-state index < -0.39 is 0 Å². The highest BCUT2D eigenvalue weighted by molar-refractivity contribution is 5.60. The van der Waals surface area contributed by atoms with Crippen LogP contribution in [0.25, 0.3) is 0 Å². The molecule has 0 saturated heterocycles. The molecule has 0 atom stereocenters. The Bertz CT molecular complexity index is 457. The predicted octanol–water partition coefficient (Wildman–Crippen LogP) is 3.19. The topological polar surface area (TPSA) is 42.1 Å². The molecule has 1 aromatic carbocycles. The first kappa shape index (κ1) is 13.6. The summed E-state index contributed by atoms with van der Waals surface area (Å²) in [4.78, 5) is 6.73. The Labute approximate surface area is 115 Å². The van der Waals surface area contributed by atoms with Crippen molar-refractivity contribution in [3.8, 4) is 0 Å². The average Bonchev–Trinajstić information content (AvgIpc) is 2.43. The number of aromatic nitrogens is 1. The minimum atomic E-state index is 0.689. The molecule has 0 unspecified atom stereocenters. The van der Waals surface area contributed by atoms with Gasteiger partial charge in [-0.3, -0.25) is 0 Å². The molecule has 3 nitrogen and oxygen atoms in total. The Morgan fingerprint density at radius 2 is 1.68 bits per heavy atom. The maximum absolute atomic E-state index is 5.63. The molecule has 0 radical (unpaired) electrons. The van der Waals surface area contributed by atoms with Gasteiger partial charge in [-0.15, -0.1) is 0 Å². The van der Waals surface area contributed by atoms with Gasteiger partial charge >= 0.3 is 0 Å². The summed E-state index contributed by atoms with van der Waals surface area (Å²) >= 11 is 0. The lowest BCUT2D eigenvalue weighted by Gasteiger charge is -2.24. The molecule has 0 spiro atoms. The van der Waals surface area contributed by atoms with Gasteiger partial charge in [0.2, 0.25) is 0 Å². The Balaban J connectivity index is 2.29. The summed E-state index contributed by atoms with van der Waals surface area (Å²) in [5.74, 6) is 0.975. The zero-order valence-electron chi connectivity index (χ0n) is 11.6. The van der Waals surface area contributed by atoms with Crippen LogP contribution in [0.1, 0.15) is 17.5 Å². The van der Waals surface area contributed by atoms with Crippen LogP contribution in [-0.2, 0) is 0 Å². The number of nitrogens with zero attached hydrogens (tertiary/aromatic N) is 2. The van der Waals surface area contributed by atoms with Crippen LogP contribution >= 0.6 is 0 Å². The summed E-state index contributed by atoms with van der Waals surface area (Å²) in [5, 5.41) is 0. The molecule has 0 aliphatic carbocycles. The number of nitrogens with two attached hydrogens (primary N) is 1. The van der Waals surface area contributed by atoms with Crippen LogP contribution in [0.5, 0.6) is 0 Å². The van der Waals surface area contributed by atoms with E-state index in [0.29, 0.717) is 6.54 Å². The summed E-state index contributed by atoms with van der Waals surface area (Å²) < 4.78 is 0. The summed E-state index contributed by atoms with van der Waals surface area (Å²) in [7, 11) is 0. The predicted molar refractivity (Wildman–Crippen MR) is 80.8 cm³/mol. The van der Waals surface area contributed by atoms with Gasteiger partial charge in [-0.25, -0.2) is 4.98 Å². The largest absolute Gasteiger partial charge is 0.330 e. The molecular formula is C16H21N3. The molecule has 2 rings (SSSR count). The Hall–Kier alpha value is -1.87. The van der Waals surface area contributed by atoms with Crippen molar-refractivity contribution in [1.82, 2.24) is 4.98 Å². The van der Waals surface area contributed by atoms with Crippen LogP contribution in [0.2, 0.25) is 0 Å². The molecule has 1 heterocycles. The lowest BCUT2D eigenvalue weighted by atomic mass is 10.2. The molecule has 2 N–H and O–H groups in total. The fourth-order valence-electron chi connectivity index (χ4n) is 1.97. The molecule has 3 heteroatoms. The molecule has 0 fully saturated rings. The van der Waals surface area contributed by atoms with Crippen LogP contribution < -0.4 is 10.6 Å². The summed E-state index contributed by atoms with van der Waals surface area (Å²) in [6.45, 7) is 5.72. The highest BCUT2D eigenvalue weighted by atomic mass is 15.2. The quantitative estimate of drug-likeness (QED) is 0.892. The highest BCUT2D eigenvalue weighted by Gasteiger charge is 2.09. The monoisotopic (exact) mass is 255 g/mol. The summed E-state index contributed by atoms with van der Waals surface area (Å²) in [5.41, 5.74) is 9.23. The van der Waals surface area contributed by atoms with Crippen molar-refractivity contribution in [1.29, 1.82) is 0 Å². The van der Waals surface area contributed by atoms with Crippen molar-refractivity contribution in [3.63, 3.8) is 0 Å². The zero-order chi connectivity index (χ0) is 13.7. The van der Waals surface area contributed by atoms with Crippen molar-refractivity contribution in [2.75, 3.05) is 18.0 Å². The average molecular weight is 255 g/mol. The maximum Gasteiger partial charge on any atom is 0.132 e.